The Morgan fingerprint density at radius 1 is 1.03 bits per heavy atom. The number of ether oxygens (including phenoxy) is 1. The number of benzene rings is 2. The van der Waals surface area contributed by atoms with Crippen LogP contribution in [-0.4, -0.2) is 36.9 Å². The number of halogens is 3. The zero-order valence-electron chi connectivity index (χ0n) is 15.1. The molecule has 0 unspecified atom stereocenters. The van der Waals surface area contributed by atoms with Crippen LogP contribution in [0, 0.1) is 0 Å². The number of sulfonamides is 1. The molecule has 2 heterocycles. The molecular weight excluding hydrogens is 405 g/mol. The minimum absolute atomic E-state index is 0.0300. The highest BCUT2D eigenvalue weighted by Gasteiger charge is 2.41. The van der Waals surface area contributed by atoms with Crippen molar-refractivity contribution in [2.45, 2.75) is 23.6 Å². The molecule has 0 aliphatic carbocycles. The average Bonchev–Trinajstić information content (AvgIpc) is 3.17. The summed E-state index contributed by atoms with van der Waals surface area (Å²) in [5, 5.41) is 0.881. The first-order valence-electron chi connectivity index (χ1n) is 8.93. The molecule has 4 rings (SSSR count). The largest absolute Gasteiger partial charge is 0.487 e. The summed E-state index contributed by atoms with van der Waals surface area (Å²) in [4.78, 5) is 3.56. The van der Waals surface area contributed by atoms with Crippen LogP contribution >= 0.6 is 0 Å². The minimum Gasteiger partial charge on any atom is -0.487 e. The van der Waals surface area contributed by atoms with Gasteiger partial charge in [-0.05, 0) is 30.7 Å². The van der Waals surface area contributed by atoms with Crippen molar-refractivity contribution in [3.63, 3.8) is 0 Å². The number of rotatable bonds is 4. The van der Waals surface area contributed by atoms with Crippen LogP contribution in [-0.2, 0) is 16.2 Å². The number of aromatic nitrogens is 1. The van der Waals surface area contributed by atoms with Crippen LogP contribution in [0.5, 0.6) is 5.75 Å². The average molecular weight is 422 g/mol. The molecule has 0 bridgehead atoms. The Morgan fingerprint density at radius 3 is 2.59 bits per heavy atom. The van der Waals surface area contributed by atoms with Crippen molar-refractivity contribution >= 4 is 20.9 Å². The first-order chi connectivity index (χ1) is 13.8. The summed E-state index contributed by atoms with van der Waals surface area (Å²) in [6, 6.07) is 13.3. The quantitative estimate of drug-likeness (QED) is 0.635. The molecular formula is C20H17F3N2O3S. The Labute approximate surface area is 165 Å². The van der Waals surface area contributed by atoms with E-state index in [-0.39, 0.29) is 13.1 Å². The first kappa shape index (κ1) is 19.7. The second-order valence-corrected chi connectivity index (χ2v) is 8.62. The summed E-state index contributed by atoms with van der Waals surface area (Å²) in [7, 11) is -4.30. The lowest BCUT2D eigenvalue weighted by Gasteiger charge is -2.20. The van der Waals surface area contributed by atoms with E-state index in [0.717, 1.165) is 21.8 Å². The van der Waals surface area contributed by atoms with Gasteiger partial charge in [0.15, 0.2) is 0 Å². The van der Waals surface area contributed by atoms with Gasteiger partial charge < -0.3 is 4.74 Å². The van der Waals surface area contributed by atoms with Crippen LogP contribution < -0.4 is 4.74 Å². The molecule has 0 amide bonds. The number of para-hydroxylation sites is 1. The topological polar surface area (TPSA) is 59.5 Å². The van der Waals surface area contributed by atoms with Crippen LogP contribution in [0.4, 0.5) is 13.2 Å². The SMILES string of the molecule is O=S(=O)(c1ccccc1C(F)(F)F)N1CC[C@@H](Oc2cccc3cccnc23)C1. The van der Waals surface area contributed by atoms with Gasteiger partial charge in [0, 0.05) is 18.1 Å². The molecule has 0 radical (unpaired) electrons. The standard InChI is InChI=1S/C20H17F3N2O3S/c21-20(22,23)16-7-1-2-9-18(16)29(26,27)25-12-10-15(13-25)28-17-8-3-5-14-6-4-11-24-19(14)17/h1-9,11,15H,10,12-13H2/t15-/m1/s1. The normalized spacial score (nSPS) is 18.2. The third-order valence-corrected chi connectivity index (χ3v) is 6.73. The molecule has 0 spiro atoms. The minimum atomic E-state index is -4.76. The highest BCUT2D eigenvalue weighted by molar-refractivity contribution is 7.89. The molecule has 29 heavy (non-hydrogen) atoms. The third-order valence-electron chi connectivity index (χ3n) is 4.81. The lowest BCUT2D eigenvalue weighted by atomic mass is 10.2. The van der Waals surface area contributed by atoms with E-state index in [2.05, 4.69) is 4.98 Å². The number of hydrogen-bond donors (Lipinski definition) is 0. The Morgan fingerprint density at radius 2 is 1.79 bits per heavy atom. The van der Waals surface area contributed by atoms with E-state index in [0.29, 0.717) is 17.7 Å². The third kappa shape index (κ3) is 3.79. The molecule has 1 aliphatic rings. The van der Waals surface area contributed by atoms with Crippen molar-refractivity contribution < 1.29 is 26.3 Å². The molecule has 1 aliphatic heterocycles. The maximum atomic E-state index is 13.3. The van der Waals surface area contributed by atoms with Crippen molar-refractivity contribution in [1.29, 1.82) is 0 Å². The lowest BCUT2D eigenvalue weighted by molar-refractivity contribution is -0.139. The van der Waals surface area contributed by atoms with Gasteiger partial charge in [-0.2, -0.15) is 17.5 Å². The molecule has 0 saturated carbocycles. The number of pyridine rings is 1. The Bertz CT molecular complexity index is 1140. The van der Waals surface area contributed by atoms with E-state index in [9.17, 15) is 21.6 Å². The first-order valence-corrected chi connectivity index (χ1v) is 10.4. The molecule has 9 heteroatoms. The van der Waals surface area contributed by atoms with Crippen LogP contribution in [0.2, 0.25) is 0 Å². The van der Waals surface area contributed by atoms with Crippen molar-refractivity contribution in [2.75, 3.05) is 13.1 Å². The molecule has 1 fully saturated rings. The molecule has 1 aromatic heterocycles. The van der Waals surface area contributed by atoms with Crippen LogP contribution in [0.1, 0.15) is 12.0 Å². The number of hydrogen-bond acceptors (Lipinski definition) is 4. The van der Waals surface area contributed by atoms with Crippen LogP contribution in [0.15, 0.2) is 65.7 Å². The highest BCUT2D eigenvalue weighted by Crippen LogP contribution is 2.36. The summed E-state index contributed by atoms with van der Waals surface area (Å²) in [5.74, 6) is 0.517. The summed E-state index contributed by atoms with van der Waals surface area (Å²) < 4.78 is 72.5. The fraction of sp³-hybridized carbons (Fsp3) is 0.250. The Balaban J connectivity index is 1.57. The molecule has 0 N–H and O–H groups in total. The molecule has 3 aromatic rings. The fourth-order valence-electron chi connectivity index (χ4n) is 3.43. The highest BCUT2D eigenvalue weighted by atomic mass is 32.2. The fourth-order valence-corrected chi connectivity index (χ4v) is 5.13. The zero-order chi connectivity index (χ0) is 20.6. The maximum absolute atomic E-state index is 13.3. The molecule has 152 valence electrons. The summed E-state index contributed by atoms with van der Waals surface area (Å²) >= 11 is 0. The lowest BCUT2D eigenvalue weighted by Crippen LogP contribution is -2.32. The van der Waals surface area contributed by atoms with E-state index >= 15 is 0 Å². The maximum Gasteiger partial charge on any atom is 0.417 e. The van der Waals surface area contributed by atoms with E-state index in [1.807, 2.05) is 18.2 Å². The second kappa shape index (κ2) is 7.31. The van der Waals surface area contributed by atoms with Gasteiger partial charge in [0.2, 0.25) is 10.0 Å². The predicted molar refractivity (Wildman–Crippen MR) is 101 cm³/mol. The number of alkyl halides is 3. The van der Waals surface area contributed by atoms with Crippen molar-refractivity contribution in [1.82, 2.24) is 9.29 Å². The van der Waals surface area contributed by atoms with Crippen molar-refractivity contribution in [3.05, 3.63) is 66.4 Å². The van der Waals surface area contributed by atoms with Gasteiger partial charge in [0.1, 0.15) is 17.4 Å². The Kier molecular flexibility index (Phi) is 4.95. The number of nitrogens with zero attached hydrogens (tertiary/aromatic N) is 2. The van der Waals surface area contributed by atoms with E-state index in [1.165, 1.54) is 12.1 Å². The van der Waals surface area contributed by atoms with Gasteiger partial charge >= 0.3 is 6.18 Å². The van der Waals surface area contributed by atoms with Gasteiger partial charge in [0.25, 0.3) is 0 Å². The zero-order valence-corrected chi connectivity index (χ0v) is 15.9. The van der Waals surface area contributed by atoms with Gasteiger partial charge in [-0.15, -0.1) is 0 Å². The summed E-state index contributed by atoms with van der Waals surface area (Å²) in [6.07, 6.45) is -3.23. The predicted octanol–water partition coefficient (Wildman–Crippen LogP) is 4.10. The second-order valence-electron chi connectivity index (χ2n) is 6.72. The van der Waals surface area contributed by atoms with Gasteiger partial charge in [-0.3, -0.25) is 4.98 Å². The molecule has 2 aromatic carbocycles. The smallest absolute Gasteiger partial charge is 0.417 e. The molecule has 5 nitrogen and oxygen atoms in total. The van der Waals surface area contributed by atoms with Crippen LogP contribution in [0.25, 0.3) is 10.9 Å². The van der Waals surface area contributed by atoms with Gasteiger partial charge in [0.05, 0.1) is 17.0 Å². The van der Waals surface area contributed by atoms with E-state index < -0.39 is 32.8 Å². The van der Waals surface area contributed by atoms with Crippen molar-refractivity contribution in [2.24, 2.45) is 0 Å². The van der Waals surface area contributed by atoms with Crippen molar-refractivity contribution in [3.8, 4) is 5.75 Å². The molecule has 1 atom stereocenters. The summed E-state index contributed by atoms with van der Waals surface area (Å²) in [6.45, 7) is 0.0507. The monoisotopic (exact) mass is 422 g/mol. The van der Waals surface area contributed by atoms with E-state index in [1.54, 1.807) is 18.3 Å². The summed E-state index contributed by atoms with van der Waals surface area (Å²) in [5.41, 5.74) is -0.513. The van der Waals surface area contributed by atoms with E-state index in [4.69, 9.17) is 4.74 Å². The number of fused-ring (bicyclic) bond motifs is 1. The van der Waals surface area contributed by atoms with Gasteiger partial charge in [-0.1, -0.05) is 30.3 Å². The Hall–Kier alpha value is -2.65. The molecule has 1 saturated heterocycles. The van der Waals surface area contributed by atoms with Crippen LogP contribution in [0.3, 0.4) is 0 Å². The van der Waals surface area contributed by atoms with Gasteiger partial charge in [-0.25, -0.2) is 8.42 Å².